The Morgan fingerprint density at radius 3 is 2.13 bits per heavy atom. The van der Waals surface area contributed by atoms with Crippen LogP contribution >= 0.6 is 0 Å². The lowest BCUT2D eigenvalue weighted by atomic mass is 9.86. The second-order valence-electron chi connectivity index (χ2n) is 11.6. The van der Waals surface area contributed by atoms with Crippen LogP contribution < -0.4 is 5.32 Å². The number of halogens is 2. The molecule has 1 saturated carbocycles. The van der Waals surface area contributed by atoms with Crippen molar-refractivity contribution in [2.24, 2.45) is 17.8 Å². The first-order valence-electron chi connectivity index (χ1n) is 14.0. The summed E-state index contributed by atoms with van der Waals surface area (Å²) in [5.74, 6) is -1.99. The molecule has 0 bridgehead atoms. The summed E-state index contributed by atoms with van der Waals surface area (Å²) in [6.07, 6.45) is 0.838. The average molecular weight is 524 g/mol. The van der Waals surface area contributed by atoms with Crippen LogP contribution in [-0.4, -0.2) is 60.3 Å². The van der Waals surface area contributed by atoms with Crippen LogP contribution in [0.25, 0.3) is 0 Å². The summed E-state index contributed by atoms with van der Waals surface area (Å²) in [5.41, 5.74) is 3.95. The molecule has 38 heavy (non-hydrogen) atoms. The van der Waals surface area contributed by atoms with Crippen LogP contribution in [0.5, 0.6) is 0 Å². The van der Waals surface area contributed by atoms with E-state index in [0.717, 1.165) is 61.4 Å². The fourth-order valence-corrected chi connectivity index (χ4v) is 6.66. The number of nitrogens with one attached hydrogen (secondary N) is 1. The highest BCUT2D eigenvalue weighted by molar-refractivity contribution is 5.97. The Bertz CT molecular complexity index is 1110. The van der Waals surface area contributed by atoms with Crippen LogP contribution in [0, 0.1) is 31.6 Å². The maximum Gasteiger partial charge on any atom is 0.254 e. The summed E-state index contributed by atoms with van der Waals surface area (Å²) in [6.45, 7) is 8.34. The number of aryl methyl sites for hydroxylation is 2. The molecule has 1 N–H and O–H groups in total. The summed E-state index contributed by atoms with van der Waals surface area (Å²) < 4.78 is 27.2. The summed E-state index contributed by atoms with van der Waals surface area (Å²) in [4.78, 5) is 30.8. The van der Waals surface area contributed by atoms with E-state index < -0.39 is 5.92 Å². The Labute approximate surface area is 224 Å². The number of hydrogen-bond acceptors (Lipinski definition) is 3. The van der Waals surface area contributed by atoms with E-state index in [4.69, 9.17) is 0 Å². The number of carbonyl (C=O) groups excluding carboxylic acids is 2. The van der Waals surface area contributed by atoms with Gasteiger partial charge in [-0.2, -0.15) is 0 Å². The molecule has 5 nitrogen and oxygen atoms in total. The summed E-state index contributed by atoms with van der Waals surface area (Å²) in [7, 11) is 0. The molecule has 0 radical (unpaired) electrons. The van der Waals surface area contributed by atoms with Gasteiger partial charge in [-0.1, -0.05) is 48.5 Å². The van der Waals surface area contributed by atoms with Crippen LogP contribution in [0.4, 0.5) is 8.78 Å². The maximum atomic E-state index is 13.6. The molecule has 3 atom stereocenters. The Balaban J connectivity index is 1.16. The third kappa shape index (κ3) is 5.93. The second-order valence-corrected chi connectivity index (χ2v) is 11.6. The van der Waals surface area contributed by atoms with Crippen molar-refractivity contribution in [2.45, 2.75) is 57.9 Å². The van der Waals surface area contributed by atoms with E-state index in [0.29, 0.717) is 11.8 Å². The molecular weight excluding hydrogens is 484 g/mol. The van der Waals surface area contributed by atoms with Crippen molar-refractivity contribution in [3.63, 3.8) is 0 Å². The summed E-state index contributed by atoms with van der Waals surface area (Å²) in [6, 6.07) is 15.8. The zero-order valence-corrected chi connectivity index (χ0v) is 22.5. The van der Waals surface area contributed by atoms with Crippen molar-refractivity contribution < 1.29 is 18.4 Å². The van der Waals surface area contributed by atoms with Gasteiger partial charge in [-0.05, 0) is 61.6 Å². The average Bonchev–Trinajstić information content (AvgIpc) is 3.46. The Morgan fingerprint density at radius 2 is 1.53 bits per heavy atom. The lowest BCUT2D eigenvalue weighted by Gasteiger charge is -2.30. The minimum absolute atomic E-state index is 0.103. The second kappa shape index (κ2) is 11.1. The lowest BCUT2D eigenvalue weighted by Crippen LogP contribution is -2.39. The molecule has 0 aromatic heterocycles. The third-order valence-electron chi connectivity index (χ3n) is 8.88. The first-order valence-corrected chi connectivity index (χ1v) is 14.0. The van der Waals surface area contributed by atoms with Crippen LogP contribution in [0.2, 0.25) is 0 Å². The monoisotopic (exact) mass is 523 g/mol. The zero-order chi connectivity index (χ0) is 26.9. The number of carbonyl (C=O) groups is 2. The molecule has 0 unspecified atom stereocenters. The largest absolute Gasteiger partial charge is 0.349 e. The van der Waals surface area contributed by atoms with Crippen molar-refractivity contribution in [3.05, 3.63) is 70.8 Å². The van der Waals surface area contributed by atoms with E-state index >= 15 is 0 Å². The van der Waals surface area contributed by atoms with Gasteiger partial charge in [0.1, 0.15) is 0 Å². The van der Waals surface area contributed by atoms with Crippen molar-refractivity contribution in [3.8, 4) is 0 Å². The Morgan fingerprint density at radius 1 is 0.921 bits per heavy atom. The van der Waals surface area contributed by atoms with Crippen LogP contribution in [0.15, 0.2) is 48.5 Å². The number of likely N-dealkylation sites (tertiary alicyclic amines) is 2. The van der Waals surface area contributed by atoms with Crippen LogP contribution in [0.1, 0.15) is 65.2 Å². The topological polar surface area (TPSA) is 52.7 Å². The number of nitrogens with zero attached hydrogens (tertiary/aromatic N) is 2. The molecule has 7 heteroatoms. The normalized spacial score (nSPS) is 24.3. The fourth-order valence-electron chi connectivity index (χ4n) is 6.66. The van der Waals surface area contributed by atoms with E-state index in [1.54, 1.807) is 0 Å². The number of fused-ring (bicyclic) bond motifs is 1. The lowest BCUT2D eigenvalue weighted by molar-refractivity contribution is -0.130. The number of hydrogen-bond donors (Lipinski definition) is 1. The van der Waals surface area contributed by atoms with Gasteiger partial charge in [0.25, 0.3) is 5.91 Å². The van der Waals surface area contributed by atoms with Gasteiger partial charge in [-0.3, -0.25) is 9.59 Å². The number of alkyl halides is 2. The van der Waals surface area contributed by atoms with Gasteiger partial charge in [0.2, 0.25) is 11.8 Å². The molecule has 2 aliphatic heterocycles. The first kappa shape index (κ1) is 26.8. The van der Waals surface area contributed by atoms with E-state index in [1.807, 2.05) is 67.3 Å². The van der Waals surface area contributed by atoms with Crippen molar-refractivity contribution in [1.29, 1.82) is 0 Å². The van der Waals surface area contributed by atoms with Gasteiger partial charge in [-0.15, -0.1) is 0 Å². The van der Waals surface area contributed by atoms with Crippen LogP contribution in [-0.2, 0) is 4.79 Å². The highest BCUT2D eigenvalue weighted by Crippen LogP contribution is 2.37. The zero-order valence-electron chi connectivity index (χ0n) is 22.5. The Kier molecular flexibility index (Phi) is 7.85. The smallest absolute Gasteiger partial charge is 0.254 e. The molecule has 0 spiro atoms. The molecule has 5 rings (SSSR count). The third-order valence-corrected chi connectivity index (χ3v) is 8.88. The van der Waals surface area contributed by atoms with E-state index in [1.165, 1.54) is 0 Å². The molecule has 2 heterocycles. The molecule has 2 saturated heterocycles. The molecule has 3 aliphatic rings. The van der Waals surface area contributed by atoms with E-state index in [-0.39, 0.29) is 49.5 Å². The van der Waals surface area contributed by atoms with E-state index in [2.05, 4.69) is 10.2 Å². The predicted octanol–water partition coefficient (Wildman–Crippen LogP) is 5.38. The maximum absolute atomic E-state index is 13.6. The van der Waals surface area contributed by atoms with Crippen LogP contribution in [0.3, 0.4) is 0 Å². The van der Waals surface area contributed by atoms with Gasteiger partial charge in [0.15, 0.2) is 0 Å². The molecule has 1 aliphatic carbocycles. The highest BCUT2D eigenvalue weighted by Gasteiger charge is 2.42. The van der Waals surface area contributed by atoms with Gasteiger partial charge in [-0.25, -0.2) is 8.78 Å². The van der Waals surface area contributed by atoms with Crippen molar-refractivity contribution in [1.82, 2.24) is 15.1 Å². The van der Waals surface area contributed by atoms with Crippen molar-refractivity contribution in [2.75, 3.05) is 32.7 Å². The highest BCUT2D eigenvalue weighted by atomic mass is 19.3. The molecule has 3 fully saturated rings. The fraction of sp³-hybridized carbons (Fsp3) is 0.548. The SMILES string of the molecule is Cc1cccc(C)c1C(=O)N1C[C@H]2CN(CC[C@H](NC(=O)C3CCC(F)(F)CC3)c3ccccc3)C[C@H]2C1. The minimum Gasteiger partial charge on any atom is -0.349 e. The molecule has 2 aromatic carbocycles. The summed E-state index contributed by atoms with van der Waals surface area (Å²) >= 11 is 0. The number of rotatable bonds is 7. The first-order chi connectivity index (χ1) is 18.2. The standard InChI is InChI=1S/C31H39F2N3O2/c1-21-7-6-8-22(2)28(21)30(38)36-19-25-17-35(18-26(25)20-36)16-13-27(23-9-4-3-5-10-23)34-29(37)24-11-14-31(32,33)15-12-24/h3-10,24-27H,11-20H2,1-2H3,(H,34,37)/t25-,26+,27-/m0/s1. The van der Waals surface area contributed by atoms with Gasteiger partial charge < -0.3 is 15.1 Å². The molecule has 204 valence electrons. The summed E-state index contributed by atoms with van der Waals surface area (Å²) in [5, 5.41) is 3.19. The van der Waals surface area contributed by atoms with Crippen molar-refractivity contribution >= 4 is 11.8 Å². The van der Waals surface area contributed by atoms with Gasteiger partial charge >= 0.3 is 0 Å². The number of benzene rings is 2. The van der Waals surface area contributed by atoms with Gasteiger partial charge in [0, 0.05) is 57.0 Å². The van der Waals surface area contributed by atoms with Gasteiger partial charge in [0.05, 0.1) is 6.04 Å². The van der Waals surface area contributed by atoms with E-state index in [9.17, 15) is 18.4 Å². The molecule has 2 amide bonds. The number of amides is 2. The molecule has 2 aromatic rings. The molecular formula is C31H39F2N3O2. The minimum atomic E-state index is -2.64. The predicted molar refractivity (Wildman–Crippen MR) is 144 cm³/mol. The Hall–Kier alpha value is -2.80. The quantitative estimate of drug-likeness (QED) is 0.530.